The van der Waals surface area contributed by atoms with Gasteiger partial charge in [-0.25, -0.2) is 0 Å². The van der Waals surface area contributed by atoms with E-state index >= 15 is 0 Å². The van der Waals surface area contributed by atoms with Crippen LogP contribution in [0.2, 0.25) is 147 Å². The van der Waals surface area contributed by atoms with Crippen LogP contribution in [0.4, 0.5) is 0 Å². The lowest BCUT2D eigenvalue weighted by atomic mass is 9.88. The summed E-state index contributed by atoms with van der Waals surface area (Å²) in [7, 11) is -13.1. The van der Waals surface area contributed by atoms with Crippen molar-refractivity contribution >= 4 is 87.3 Å². The minimum absolute atomic E-state index is 0.618. The van der Waals surface area contributed by atoms with Crippen molar-refractivity contribution in [2.24, 2.45) is 11.8 Å². The second-order valence-corrected chi connectivity index (χ2v) is 65.5. The van der Waals surface area contributed by atoms with Crippen LogP contribution < -0.4 is 0 Å². The smallest absolute Gasteiger partial charge is 0.283 e. The van der Waals surface area contributed by atoms with Crippen molar-refractivity contribution in [3.63, 3.8) is 0 Å². The number of rotatable bonds is 41. The maximum Gasteiger partial charge on any atom is 0.283 e. The van der Waals surface area contributed by atoms with Gasteiger partial charge in [0.2, 0.25) is 0 Å². The minimum atomic E-state index is -1.56. The molecule has 0 N–H and O–H groups in total. The first-order valence-electron chi connectivity index (χ1n) is 30.8. The Labute approximate surface area is 462 Å². The second kappa shape index (κ2) is 33.6. The van der Waals surface area contributed by atoms with Gasteiger partial charge in [0.1, 0.15) is 0 Å². The van der Waals surface area contributed by atoms with Gasteiger partial charge in [0, 0.05) is 0 Å². The molecule has 0 radical (unpaired) electrons. The minimum Gasteiger partial charge on any atom is -0.455 e. The van der Waals surface area contributed by atoms with Gasteiger partial charge in [0.25, 0.3) is 20.0 Å². The van der Waals surface area contributed by atoms with Gasteiger partial charge in [-0.3, -0.25) is 0 Å². The monoisotopic (exact) mass is 1180 g/mol. The summed E-state index contributed by atoms with van der Waals surface area (Å²) in [5.41, 5.74) is 0. The van der Waals surface area contributed by atoms with Gasteiger partial charge in [-0.2, -0.15) is 0 Å². The van der Waals surface area contributed by atoms with E-state index < -0.39 is 87.3 Å². The first kappa shape index (κ1) is 68.1. The standard InChI is InChI=1S/C30H68O4Si5.C24H56O4Si5/c1-10-11-12-17-23-36(2,3)32-35-33-37(4,5)24-18-15-13-14-16-19-25-38(6,7)34-39(8,9)26-22-28-20-21-29-30(27-28)31-29;1-30(2)26-29-27-31(3,4)18-13-11-9-10-12-14-19-32(5,6)28-33(7,8)20-17-22-15-16-23-24(21-22)25-23/h28-30H,10-27,35H2,1-9H3;22-24,30H,9-21,29H2,1-8H3. The molecule has 2 aliphatic carbocycles. The molecule has 0 bridgehead atoms. The maximum absolute atomic E-state index is 6.95. The maximum atomic E-state index is 6.95. The summed E-state index contributed by atoms with van der Waals surface area (Å²) in [5, 5.41) is 0. The second-order valence-electron chi connectivity index (χ2n) is 28.3. The fraction of sp³-hybridized carbons (Fsp3) is 1.00. The largest absolute Gasteiger partial charge is 0.455 e. The van der Waals surface area contributed by atoms with Crippen LogP contribution in [0, 0.1) is 11.8 Å². The zero-order chi connectivity index (χ0) is 53.5. The van der Waals surface area contributed by atoms with Gasteiger partial charge in [0.15, 0.2) is 67.3 Å². The molecule has 0 amide bonds. The number of fused-ring (bicyclic) bond motifs is 2. The van der Waals surface area contributed by atoms with Gasteiger partial charge in [0.05, 0.1) is 24.4 Å². The lowest BCUT2D eigenvalue weighted by Gasteiger charge is -2.35. The van der Waals surface area contributed by atoms with E-state index in [1.54, 1.807) is 0 Å². The van der Waals surface area contributed by atoms with Crippen LogP contribution in [0.15, 0.2) is 0 Å². The fourth-order valence-electron chi connectivity index (χ4n) is 11.8. The highest BCUT2D eigenvalue weighted by molar-refractivity contribution is 6.85. The molecule has 2 aliphatic heterocycles. The van der Waals surface area contributed by atoms with Gasteiger partial charge in [-0.1, -0.05) is 122 Å². The van der Waals surface area contributed by atoms with Crippen molar-refractivity contribution in [3.8, 4) is 0 Å². The summed E-state index contributed by atoms with van der Waals surface area (Å²) in [6.45, 7) is 40.8. The Kier molecular flexibility index (Phi) is 31.8. The van der Waals surface area contributed by atoms with Gasteiger partial charge >= 0.3 is 0 Å². The van der Waals surface area contributed by atoms with Crippen LogP contribution in [-0.4, -0.2) is 112 Å². The normalized spacial score (nSPS) is 23.2. The predicted octanol–water partition coefficient (Wildman–Crippen LogP) is 16.7. The molecule has 2 heterocycles. The molecule has 4 aliphatic rings. The third kappa shape index (κ3) is 33.4. The lowest BCUT2D eigenvalue weighted by molar-refractivity contribution is 0.354. The summed E-state index contributed by atoms with van der Waals surface area (Å²) < 4.78 is 50.2. The Balaban J connectivity index is 0.000000386. The number of epoxide rings is 2. The highest BCUT2D eigenvalue weighted by atomic mass is 28.4. The average Bonchev–Trinajstić information content (AvgIpc) is 4.20. The molecule has 0 aromatic rings. The molecule has 0 spiro atoms. The first-order chi connectivity index (χ1) is 33.6. The molecule has 4 rings (SSSR count). The van der Waals surface area contributed by atoms with Crippen LogP contribution in [0.5, 0.6) is 0 Å². The molecule has 72 heavy (non-hydrogen) atoms. The van der Waals surface area contributed by atoms with Crippen LogP contribution in [-0.2, 0) is 34.2 Å². The molecule has 0 aromatic heterocycles. The van der Waals surface area contributed by atoms with E-state index in [9.17, 15) is 0 Å². The van der Waals surface area contributed by atoms with Crippen molar-refractivity contribution < 1.29 is 34.2 Å². The number of hydrogen-bond acceptors (Lipinski definition) is 8. The van der Waals surface area contributed by atoms with Crippen LogP contribution >= 0.6 is 0 Å². The zero-order valence-electron chi connectivity index (χ0n) is 51.1. The van der Waals surface area contributed by atoms with E-state index in [2.05, 4.69) is 112 Å². The van der Waals surface area contributed by atoms with Crippen molar-refractivity contribution in [1.29, 1.82) is 0 Å². The molecule has 0 aromatic carbocycles. The van der Waals surface area contributed by atoms with E-state index in [4.69, 9.17) is 34.2 Å². The summed E-state index contributed by atoms with van der Waals surface area (Å²) >= 11 is 0. The van der Waals surface area contributed by atoms with E-state index in [-0.39, 0.29) is 0 Å². The summed E-state index contributed by atoms with van der Waals surface area (Å²) in [6, 6.07) is 9.23. The van der Waals surface area contributed by atoms with Crippen molar-refractivity contribution in [1.82, 2.24) is 0 Å². The number of unbranched alkanes of at least 4 members (excludes halogenated alkanes) is 13. The van der Waals surface area contributed by atoms with Gasteiger partial charge < -0.3 is 34.2 Å². The van der Waals surface area contributed by atoms with Crippen LogP contribution in [0.3, 0.4) is 0 Å². The molecular formula is C54H124O8Si10. The number of hydrogen-bond donors (Lipinski definition) is 0. The summed E-state index contributed by atoms with van der Waals surface area (Å²) in [5.74, 6) is 1.79. The molecule has 428 valence electrons. The topological polar surface area (TPSA) is 80.4 Å². The van der Waals surface area contributed by atoms with Gasteiger partial charge in [-0.15, -0.1) is 0 Å². The van der Waals surface area contributed by atoms with Crippen molar-refractivity contribution in [2.45, 2.75) is 333 Å². The van der Waals surface area contributed by atoms with Crippen molar-refractivity contribution in [2.75, 3.05) is 0 Å². The lowest BCUT2D eigenvalue weighted by Crippen LogP contribution is -2.44. The van der Waals surface area contributed by atoms with E-state index in [1.807, 2.05) is 0 Å². The Bertz CT molecular complexity index is 1440. The average molecular weight is 1180 g/mol. The Morgan fingerprint density at radius 3 is 1.01 bits per heavy atom. The highest BCUT2D eigenvalue weighted by Gasteiger charge is 2.45. The predicted molar refractivity (Wildman–Crippen MR) is 339 cm³/mol. The highest BCUT2D eigenvalue weighted by Crippen LogP contribution is 2.43. The van der Waals surface area contributed by atoms with E-state index in [0.717, 1.165) is 11.8 Å². The number of ether oxygens (including phenoxy) is 2. The summed E-state index contributed by atoms with van der Waals surface area (Å²) in [6.07, 6.45) is 35.1. The van der Waals surface area contributed by atoms with Crippen LogP contribution in [0.25, 0.3) is 0 Å². The van der Waals surface area contributed by atoms with Crippen molar-refractivity contribution in [3.05, 3.63) is 0 Å². The molecule has 6 unspecified atom stereocenters. The first-order valence-corrected chi connectivity index (χ1v) is 57.7. The SMILES string of the molecule is CCCCCC[Si](C)(C)O[SiH2]O[Si](C)(C)CCCCCCCC[Si](C)(C)O[Si](C)(C)CCC1CCC2OC2C1.C[SiH](C)O[SiH2]O[Si](C)(C)CCCCCCCC[Si](C)(C)O[Si](C)(C)CCC1CCC2OC2C1. The quantitative estimate of drug-likeness (QED) is 0.0340. The Morgan fingerprint density at radius 2 is 0.681 bits per heavy atom. The van der Waals surface area contributed by atoms with E-state index in [1.165, 1.54) is 196 Å². The van der Waals surface area contributed by atoms with Gasteiger partial charge in [-0.05, 0) is 197 Å². The zero-order valence-corrected chi connectivity index (χ0v) is 62.1. The third-order valence-corrected chi connectivity index (χ3v) is 50.3. The fourth-order valence-corrected chi connectivity index (χ4v) is 41.4. The summed E-state index contributed by atoms with van der Waals surface area (Å²) in [4.78, 5) is 0. The van der Waals surface area contributed by atoms with E-state index in [0.29, 0.717) is 24.4 Å². The molecule has 8 nitrogen and oxygen atoms in total. The van der Waals surface area contributed by atoms with Crippen LogP contribution in [0.1, 0.15) is 161 Å². The third-order valence-electron chi connectivity index (χ3n) is 16.6. The Morgan fingerprint density at radius 1 is 0.375 bits per heavy atom. The molecule has 4 fully saturated rings. The molecular weight excluding hydrogens is 1060 g/mol. The molecule has 18 heteroatoms. The molecule has 2 saturated carbocycles. The molecule has 2 saturated heterocycles. The Hall–Kier alpha value is 1.85. The molecule has 6 atom stereocenters.